The van der Waals surface area contributed by atoms with Crippen LogP contribution in [-0.2, 0) is 6.42 Å². The van der Waals surface area contributed by atoms with Crippen molar-refractivity contribution in [2.24, 2.45) is 0 Å². The molecule has 2 heterocycles. The van der Waals surface area contributed by atoms with E-state index in [0.717, 1.165) is 25.1 Å². The van der Waals surface area contributed by atoms with Crippen LogP contribution in [0, 0.1) is 0 Å². The number of nitrogens with one attached hydrogen (secondary N) is 1. The van der Waals surface area contributed by atoms with Crippen LogP contribution >= 0.6 is 0 Å². The van der Waals surface area contributed by atoms with Gasteiger partial charge in [0.1, 0.15) is 0 Å². The molecule has 1 aromatic rings. The summed E-state index contributed by atoms with van der Waals surface area (Å²) in [6.07, 6.45) is 4.07. The molecule has 15 heavy (non-hydrogen) atoms. The summed E-state index contributed by atoms with van der Waals surface area (Å²) in [6.45, 7) is 3.01. The second kappa shape index (κ2) is 4.29. The van der Waals surface area contributed by atoms with Crippen LogP contribution in [0.25, 0.3) is 0 Å². The van der Waals surface area contributed by atoms with Crippen LogP contribution in [0.4, 0.5) is 0 Å². The van der Waals surface area contributed by atoms with Crippen molar-refractivity contribution in [2.75, 3.05) is 6.54 Å². The lowest BCUT2D eigenvalue weighted by Gasteiger charge is -2.36. The number of nitrogens with zero attached hydrogens (tertiary/aromatic N) is 1. The van der Waals surface area contributed by atoms with Crippen LogP contribution in [0.3, 0.4) is 0 Å². The molecule has 3 heteroatoms. The topological polar surface area (TPSA) is 45.2 Å². The van der Waals surface area contributed by atoms with Gasteiger partial charge in [-0.3, -0.25) is 4.98 Å². The van der Waals surface area contributed by atoms with E-state index in [9.17, 15) is 5.11 Å². The molecule has 82 valence electrons. The maximum Gasteiger partial charge on any atom is 0.0729 e. The maximum atomic E-state index is 10.4. The Labute approximate surface area is 90.5 Å². The van der Waals surface area contributed by atoms with Crippen molar-refractivity contribution in [1.82, 2.24) is 10.3 Å². The van der Waals surface area contributed by atoms with Gasteiger partial charge in [0.05, 0.1) is 5.60 Å². The fraction of sp³-hybridized carbons (Fsp3) is 0.583. The number of rotatable bonds is 2. The molecule has 0 aromatic carbocycles. The summed E-state index contributed by atoms with van der Waals surface area (Å²) in [5.74, 6) is 0. The van der Waals surface area contributed by atoms with Crippen molar-refractivity contribution in [3.05, 3.63) is 30.1 Å². The summed E-state index contributed by atoms with van der Waals surface area (Å²) in [5.41, 5.74) is 0.410. The van der Waals surface area contributed by atoms with Crippen molar-refractivity contribution in [1.29, 1.82) is 0 Å². The number of pyridine rings is 1. The maximum absolute atomic E-state index is 10.4. The third kappa shape index (κ3) is 2.76. The standard InChI is InChI=1S/C12H18N2O/c1-10-8-12(15,5-7-13-10)9-11-4-2-3-6-14-11/h2-4,6,10,13,15H,5,7-9H2,1H3. The molecule has 2 rings (SSSR count). The summed E-state index contributed by atoms with van der Waals surface area (Å²) >= 11 is 0. The SMILES string of the molecule is CC1CC(O)(Cc2ccccn2)CCN1. The average Bonchev–Trinajstić information content (AvgIpc) is 2.18. The highest BCUT2D eigenvalue weighted by Gasteiger charge is 2.32. The molecule has 1 aliphatic heterocycles. The van der Waals surface area contributed by atoms with Gasteiger partial charge in [-0.2, -0.15) is 0 Å². The van der Waals surface area contributed by atoms with Gasteiger partial charge in [0, 0.05) is 24.4 Å². The van der Waals surface area contributed by atoms with E-state index in [1.54, 1.807) is 6.20 Å². The molecular weight excluding hydrogens is 188 g/mol. The van der Waals surface area contributed by atoms with Gasteiger partial charge in [0.25, 0.3) is 0 Å². The summed E-state index contributed by atoms with van der Waals surface area (Å²) in [6, 6.07) is 6.24. The summed E-state index contributed by atoms with van der Waals surface area (Å²) < 4.78 is 0. The number of aromatic nitrogens is 1. The van der Waals surface area contributed by atoms with E-state index in [0.29, 0.717) is 12.5 Å². The van der Waals surface area contributed by atoms with E-state index in [4.69, 9.17) is 0 Å². The van der Waals surface area contributed by atoms with Crippen molar-refractivity contribution < 1.29 is 5.11 Å². The molecule has 0 saturated carbocycles. The Balaban J connectivity index is 2.04. The van der Waals surface area contributed by atoms with E-state index in [2.05, 4.69) is 17.2 Å². The van der Waals surface area contributed by atoms with E-state index < -0.39 is 5.60 Å². The first-order valence-electron chi connectivity index (χ1n) is 5.54. The van der Waals surface area contributed by atoms with Crippen molar-refractivity contribution in [3.63, 3.8) is 0 Å². The Kier molecular flexibility index (Phi) is 3.03. The zero-order valence-electron chi connectivity index (χ0n) is 9.11. The molecule has 2 N–H and O–H groups in total. The number of piperidine rings is 1. The predicted octanol–water partition coefficient (Wildman–Crippen LogP) is 1.13. The first-order chi connectivity index (χ1) is 7.18. The number of hydrogen-bond donors (Lipinski definition) is 2. The molecule has 1 aromatic heterocycles. The van der Waals surface area contributed by atoms with Crippen molar-refractivity contribution in [3.8, 4) is 0 Å². The monoisotopic (exact) mass is 206 g/mol. The molecule has 0 radical (unpaired) electrons. The summed E-state index contributed by atoms with van der Waals surface area (Å²) in [5, 5.41) is 13.8. The minimum absolute atomic E-state index is 0.396. The van der Waals surface area contributed by atoms with Crippen LogP contribution in [0.15, 0.2) is 24.4 Å². The molecule has 2 atom stereocenters. The van der Waals surface area contributed by atoms with Gasteiger partial charge in [0.2, 0.25) is 0 Å². The van der Waals surface area contributed by atoms with E-state index in [1.807, 2.05) is 18.2 Å². The molecule has 1 fully saturated rings. The van der Waals surface area contributed by atoms with Gasteiger partial charge in [-0.05, 0) is 38.4 Å². The summed E-state index contributed by atoms with van der Waals surface area (Å²) in [4.78, 5) is 4.26. The van der Waals surface area contributed by atoms with Gasteiger partial charge in [-0.1, -0.05) is 6.07 Å². The smallest absolute Gasteiger partial charge is 0.0729 e. The highest BCUT2D eigenvalue weighted by atomic mass is 16.3. The zero-order valence-corrected chi connectivity index (χ0v) is 9.11. The third-order valence-electron chi connectivity index (χ3n) is 3.01. The average molecular weight is 206 g/mol. The quantitative estimate of drug-likeness (QED) is 0.762. The lowest BCUT2D eigenvalue weighted by Crippen LogP contribution is -2.48. The van der Waals surface area contributed by atoms with Crippen LogP contribution in [-0.4, -0.2) is 28.3 Å². The summed E-state index contributed by atoms with van der Waals surface area (Å²) in [7, 11) is 0. The largest absolute Gasteiger partial charge is 0.389 e. The fourth-order valence-corrected chi connectivity index (χ4v) is 2.30. The minimum atomic E-state index is -0.570. The molecule has 1 aliphatic rings. The first kappa shape index (κ1) is 10.6. The van der Waals surface area contributed by atoms with Gasteiger partial charge in [-0.15, -0.1) is 0 Å². The zero-order chi connectivity index (χ0) is 10.7. The van der Waals surface area contributed by atoms with Gasteiger partial charge in [0.15, 0.2) is 0 Å². The lowest BCUT2D eigenvalue weighted by molar-refractivity contribution is -0.00203. The van der Waals surface area contributed by atoms with Crippen LogP contribution in [0.1, 0.15) is 25.5 Å². The Morgan fingerprint density at radius 1 is 1.60 bits per heavy atom. The fourth-order valence-electron chi connectivity index (χ4n) is 2.30. The Hall–Kier alpha value is -0.930. The molecule has 2 unspecified atom stereocenters. The van der Waals surface area contributed by atoms with Crippen LogP contribution < -0.4 is 5.32 Å². The Bertz CT molecular complexity index is 315. The first-order valence-corrected chi connectivity index (χ1v) is 5.54. The highest BCUT2D eigenvalue weighted by molar-refractivity contribution is 5.08. The second-order valence-electron chi connectivity index (χ2n) is 4.53. The van der Waals surface area contributed by atoms with Crippen LogP contribution in [0.2, 0.25) is 0 Å². The molecule has 1 saturated heterocycles. The second-order valence-corrected chi connectivity index (χ2v) is 4.53. The van der Waals surface area contributed by atoms with E-state index in [-0.39, 0.29) is 0 Å². The van der Waals surface area contributed by atoms with Gasteiger partial charge < -0.3 is 10.4 Å². The third-order valence-corrected chi connectivity index (χ3v) is 3.01. The normalized spacial score (nSPS) is 31.5. The van der Waals surface area contributed by atoms with Gasteiger partial charge >= 0.3 is 0 Å². The predicted molar refractivity (Wildman–Crippen MR) is 59.6 cm³/mol. The molecular formula is C12H18N2O. The Morgan fingerprint density at radius 3 is 3.13 bits per heavy atom. The highest BCUT2D eigenvalue weighted by Crippen LogP contribution is 2.24. The lowest BCUT2D eigenvalue weighted by atomic mass is 9.84. The number of hydrogen-bond acceptors (Lipinski definition) is 3. The molecule has 0 amide bonds. The number of aliphatic hydroxyl groups is 1. The van der Waals surface area contributed by atoms with Crippen molar-refractivity contribution in [2.45, 2.75) is 37.8 Å². The van der Waals surface area contributed by atoms with Crippen molar-refractivity contribution >= 4 is 0 Å². The molecule has 3 nitrogen and oxygen atoms in total. The minimum Gasteiger partial charge on any atom is -0.389 e. The Morgan fingerprint density at radius 2 is 2.47 bits per heavy atom. The van der Waals surface area contributed by atoms with Gasteiger partial charge in [-0.25, -0.2) is 0 Å². The van der Waals surface area contributed by atoms with Crippen LogP contribution in [0.5, 0.6) is 0 Å². The van der Waals surface area contributed by atoms with E-state index >= 15 is 0 Å². The molecule has 0 aliphatic carbocycles. The molecule has 0 spiro atoms. The van der Waals surface area contributed by atoms with E-state index in [1.165, 1.54) is 0 Å². The molecule has 0 bridgehead atoms.